The van der Waals surface area contributed by atoms with E-state index < -0.39 is 49.2 Å². The zero-order valence-electron chi connectivity index (χ0n) is 16.9. The summed E-state index contributed by atoms with van der Waals surface area (Å²) in [6.45, 7) is 10.4. The molecule has 0 fully saturated rings. The van der Waals surface area contributed by atoms with Crippen molar-refractivity contribution < 1.29 is 26.0 Å². The first kappa shape index (κ1) is 23.6. The van der Waals surface area contributed by atoms with Crippen molar-refractivity contribution in [2.24, 2.45) is 0 Å². The molecule has 0 N–H and O–H groups in total. The van der Waals surface area contributed by atoms with E-state index in [4.69, 9.17) is 16.0 Å². The molecule has 6 nitrogen and oxygen atoms in total. The first-order valence-corrected chi connectivity index (χ1v) is 10.6. The van der Waals surface area contributed by atoms with Crippen LogP contribution in [0.5, 0.6) is 0 Å². The third-order valence-electron chi connectivity index (χ3n) is 4.14. The maximum atomic E-state index is 13.2. The number of sulfonamides is 1. The monoisotopic (exact) mass is 453 g/mol. The molecule has 0 saturated heterocycles. The van der Waals surface area contributed by atoms with Gasteiger partial charge in [0.05, 0.1) is 10.6 Å². The van der Waals surface area contributed by atoms with Gasteiger partial charge in [0.1, 0.15) is 10.9 Å². The van der Waals surface area contributed by atoms with Gasteiger partial charge in [-0.15, -0.1) is 10.2 Å². The highest BCUT2D eigenvalue weighted by atomic mass is 35.5. The van der Waals surface area contributed by atoms with E-state index in [1.807, 2.05) is 20.8 Å². The highest BCUT2D eigenvalue weighted by Gasteiger charge is 2.38. The first-order valence-electron chi connectivity index (χ1n) is 8.81. The van der Waals surface area contributed by atoms with E-state index in [-0.39, 0.29) is 5.89 Å². The molecule has 2 rings (SSSR count). The Morgan fingerprint density at radius 1 is 1.10 bits per heavy atom. The first-order chi connectivity index (χ1) is 13.1. The smallest absolute Gasteiger partial charge is 0.416 e. The summed E-state index contributed by atoms with van der Waals surface area (Å²) in [6, 6.07) is 0.728. The molecular formula is C18H23ClF3N3O3S. The third-order valence-corrected chi connectivity index (χ3v) is 6.77. The molecule has 0 amide bonds. The van der Waals surface area contributed by atoms with Gasteiger partial charge in [0.2, 0.25) is 21.8 Å². The normalized spacial score (nSPS) is 14.6. The van der Waals surface area contributed by atoms with E-state index >= 15 is 0 Å². The summed E-state index contributed by atoms with van der Waals surface area (Å²) in [6.07, 6.45) is -4.63. The number of rotatable bonds is 5. The molecule has 11 heteroatoms. The number of halogens is 4. The predicted molar refractivity (Wildman–Crippen MR) is 102 cm³/mol. The summed E-state index contributed by atoms with van der Waals surface area (Å²) in [5, 5.41) is 7.41. The average molecular weight is 454 g/mol. The summed E-state index contributed by atoms with van der Waals surface area (Å²) in [5.41, 5.74) is -1.46. The fourth-order valence-electron chi connectivity index (χ4n) is 2.75. The van der Waals surface area contributed by atoms with Crippen LogP contribution in [0.2, 0.25) is 5.02 Å². The van der Waals surface area contributed by atoms with Crippen LogP contribution in [0.15, 0.2) is 27.5 Å². The number of benzene rings is 1. The standard InChI is InChI=1S/C18H23ClF3N3O3S/c1-10(2)25(11(3)15-23-24-16(28-15)17(4,5)6)29(26,27)14-8-7-12(9-13(14)19)18(20,21)22/h7-11H,1-6H3/t11-/m0/s1. The van der Waals surface area contributed by atoms with Crippen LogP contribution in [0.4, 0.5) is 13.2 Å². The zero-order valence-corrected chi connectivity index (χ0v) is 18.4. The topological polar surface area (TPSA) is 76.3 Å². The number of nitrogens with zero attached hydrogens (tertiary/aromatic N) is 3. The largest absolute Gasteiger partial charge is 0.423 e. The molecule has 0 bridgehead atoms. The SMILES string of the molecule is CC(C)N([C@@H](C)c1nnc(C(C)(C)C)o1)S(=O)(=O)c1ccc(C(F)(F)F)cc1Cl. The lowest BCUT2D eigenvalue weighted by Gasteiger charge is -2.30. The van der Waals surface area contributed by atoms with Crippen LogP contribution in [0.3, 0.4) is 0 Å². The molecule has 1 aromatic heterocycles. The lowest BCUT2D eigenvalue weighted by Crippen LogP contribution is -2.39. The average Bonchev–Trinajstić information content (AvgIpc) is 3.03. The molecule has 2 aromatic rings. The summed E-state index contributed by atoms with van der Waals surface area (Å²) in [4.78, 5) is -0.428. The van der Waals surface area contributed by atoms with Crippen molar-refractivity contribution in [1.29, 1.82) is 0 Å². The molecule has 1 aromatic carbocycles. The van der Waals surface area contributed by atoms with E-state index in [1.54, 1.807) is 20.8 Å². The van der Waals surface area contributed by atoms with Gasteiger partial charge in [-0.3, -0.25) is 0 Å². The predicted octanol–water partition coefficient (Wildman–Crippen LogP) is 5.20. The van der Waals surface area contributed by atoms with Gasteiger partial charge in [-0.1, -0.05) is 32.4 Å². The minimum Gasteiger partial charge on any atom is -0.423 e. The van der Waals surface area contributed by atoms with Gasteiger partial charge in [-0.05, 0) is 39.0 Å². The third kappa shape index (κ3) is 4.92. The van der Waals surface area contributed by atoms with Gasteiger partial charge >= 0.3 is 6.18 Å². The second-order valence-electron chi connectivity index (χ2n) is 7.94. The highest BCUT2D eigenvalue weighted by molar-refractivity contribution is 7.89. The van der Waals surface area contributed by atoms with E-state index in [2.05, 4.69) is 10.2 Å². The second kappa shape index (κ2) is 7.88. The number of alkyl halides is 3. The maximum absolute atomic E-state index is 13.2. The van der Waals surface area contributed by atoms with Crippen LogP contribution in [-0.2, 0) is 21.6 Å². The molecule has 1 atom stereocenters. The minimum atomic E-state index is -4.63. The van der Waals surface area contributed by atoms with Crippen LogP contribution in [0.1, 0.15) is 64.9 Å². The van der Waals surface area contributed by atoms with Gasteiger partial charge in [0.15, 0.2) is 0 Å². The lowest BCUT2D eigenvalue weighted by molar-refractivity contribution is -0.137. The van der Waals surface area contributed by atoms with E-state index in [0.29, 0.717) is 18.0 Å². The van der Waals surface area contributed by atoms with Crippen molar-refractivity contribution in [3.8, 4) is 0 Å². The molecular weight excluding hydrogens is 431 g/mol. The van der Waals surface area contributed by atoms with Gasteiger partial charge < -0.3 is 4.42 Å². The molecule has 0 radical (unpaired) electrons. The Kier molecular flexibility index (Phi) is 6.42. The Balaban J connectivity index is 2.50. The Hall–Kier alpha value is -1.65. The van der Waals surface area contributed by atoms with E-state index in [0.717, 1.165) is 10.4 Å². The molecule has 0 aliphatic carbocycles. The van der Waals surface area contributed by atoms with Crippen molar-refractivity contribution in [1.82, 2.24) is 14.5 Å². The quantitative estimate of drug-likeness (QED) is 0.621. The molecule has 0 unspecified atom stereocenters. The fraction of sp³-hybridized carbons (Fsp3) is 0.556. The van der Waals surface area contributed by atoms with Gasteiger partial charge in [0.25, 0.3) is 0 Å². The molecule has 0 aliphatic heterocycles. The molecule has 0 saturated carbocycles. The van der Waals surface area contributed by atoms with Crippen LogP contribution in [-0.4, -0.2) is 29.0 Å². The minimum absolute atomic E-state index is 0.0789. The van der Waals surface area contributed by atoms with Gasteiger partial charge in [-0.2, -0.15) is 17.5 Å². The Labute approximate surface area is 173 Å². The van der Waals surface area contributed by atoms with Crippen molar-refractivity contribution >= 4 is 21.6 Å². The van der Waals surface area contributed by atoms with Crippen molar-refractivity contribution in [3.63, 3.8) is 0 Å². The highest BCUT2D eigenvalue weighted by Crippen LogP contribution is 2.37. The van der Waals surface area contributed by atoms with Crippen LogP contribution in [0, 0.1) is 0 Å². The Bertz CT molecular complexity index is 982. The van der Waals surface area contributed by atoms with Crippen molar-refractivity contribution in [2.45, 2.75) is 70.1 Å². The molecule has 0 aliphatic rings. The second-order valence-corrected chi connectivity index (χ2v) is 10.2. The molecule has 29 heavy (non-hydrogen) atoms. The van der Waals surface area contributed by atoms with Crippen molar-refractivity contribution in [2.75, 3.05) is 0 Å². The molecule has 162 valence electrons. The van der Waals surface area contributed by atoms with Gasteiger partial charge in [-0.25, -0.2) is 8.42 Å². The maximum Gasteiger partial charge on any atom is 0.416 e. The number of hydrogen-bond acceptors (Lipinski definition) is 5. The van der Waals surface area contributed by atoms with Crippen LogP contribution >= 0.6 is 11.6 Å². The van der Waals surface area contributed by atoms with E-state index in [1.165, 1.54) is 0 Å². The number of hydrogen-bond donors (Lipinski definition) is 0. The van der Waals surface area contributed by atoms with E-state index in [9.17, 15) is 21.6 Å². The summed E-state index contributed by atoms with van der Waals surface area (Å²) in [5.74, 6) is 0.420. The summed E-state index contributed by atoms with van der Waals surface area (Å²) in [7, 11) is -4.26. The lowest BCUT2D eigenvalue weighted by atomic mass is 9.97. The summed E-state index contributed by atoms with van der Waals surface area (Å²) >= 11 is 5.93. The molecule has 1 heterocycles. The fourth-order valence-corrected chi connectivity index (χ4v) is 5.06. The Morgan fingerprint density at radius 2 is 1.69 bits per heavy atom. The zero-order chi connectivity index (χ0) is 22.4. The van der Waals surface area contributed by atoms with Crippen molar-refractivity contribution in [3.05, 3.63) is 40.6 Å². The van der Waals surface area contributed by atoms with Crippen LogP contribution in [0.25, 0.3) is 0 Å². The van der Waals surface area contributed by atoms with Gasteiger partial charge in [0, 0.05) is 11.5 Å². The Morgan fingerprint density at radius 3 is 2.10 bits per heavy atom. The van der Waals surface area contributed by atoms with Crippen LogP contribution < -0.4 is 0 Å². The summed E-state index contributed by atoms with van der Waals surface area (Å²) < 4.78 is 71.9. The number of aromatic nitrogens is 2. The molecule has 0 spiro atoms.